The van der Waals surface area contributed by atoms with Crippen molar-refractivity contribution in [2.24, 2.45) is 11.8 Å². The number of benzene rings is 2. The Morgan fingerprint density at radius 2 is 1.55 bits per heavy atom. The molecule has 1 heterocycles. The number of allylic oxidation sites excluding steroid dienone is 2. The first-order valence-corrected chi connectivity index (χ1v) is 10.9. The number of carbonyl (C=O) groups excluding carboxylic acids is 4. The Kier molecular flexibility index (Phi) is 6.07. The summed E-state index contributed by atoms with van der Waals surface area (Å²) in [6, 6.07) is 13.0. The lowest BCUT2D eigenvalue weighted by Crippen LogP contribution is -2.52. The summed E-state index contributed by atoms with van der Waals surface area (Å²) in [7, 11) is 0. The van der Waals surface area contributed by atoms with E-state index in [0.717, 1.165) is 14.5 Å². The molecule has 4 rings (SSSR count). The fourth-order valence-electron chi connectivity index (χ4n) is 3.89. The molecule has 0 unspecified atom stereocenters. The molecule has 2 aromatic rings. The molecule has 0 bridgehead atoms. The van der Waals surface area contributed by atoms with Crippen molar-refractivity contribution < 1.29 is 19.2 Å². The van der Waals surface area contributed by atoms with Crippen LogP contribution in [-0.4, -0.2) is 40.1 Å². The summed E-state index contributed by atoms with van der Waals surface area (Å²) in [5.41, 5.74) is 0.472. The fraction of sp³-hybridized carbons (Fsp3) is 0.217. The van der Waals surface area contributed by atoms with Crippen LogP contribution in [0.2, 0.25) is 5.02 Å². The third-order valence-corrected chi connectivity index (χ3v) is 6.38. The average Bonchev–Trinajstić information content (AvgIpc) is 3.03. The Bertz CT molecular complexity index is 1070. The molecule has 2 atom stereocenters. The van der Waals surface area contributed by atoms with Gasteiger partial charge in [0.1, 0.15) is 6.54 Å². The molecule has 3 amide bonds. The summed E-state index contributed by atoms with van der Waals surface area (Å²) in [6.07, 6.45) is 4.59. The van der Waals surface area contributed by atoms with Crippen molar-refractivity contribution in [2.45, 2.75) is 12.8 Å². The Hall–Kier alpha value is -2.77. The SMILES string of the molecule is O=C(CN(C(=O)c1ccccc1Cl)N1C(=O)[C@H]2CC=CC[C@@H]2C1=O)c1ccc(Br)cc1. The van der Waals surface area contributed by atoms with Gasteiger partial charge < -0.3 is 0 Å². The second-order valence-electron chi connectivity index (χ2n) is 7.42. The van der Waals surface area contributed by atoms with Crippen molar-refractivity contribution in [3.8, 4) is 0 Å². The van der Waals surface area contributed by atoms with Crippen LogP contribution in [0.15, 0.2) is 65.2 Å². The summed E-state index contributed by atoms with van der Waals surface area (Å²) in [5, 5.41) is 1.96. The molecular weight excluding hydrogens is 484 g/mol. The maximum absolute atomic E-state index is 13.4. The summed E-state index contributed by atoms with van der Waals surface area (Å²) >= 11 is 9.52. The number of hydrogen-bond donors (Lipinski definition) is 0. The highest BCUT2D eigenvalue weighted by molar-refractivity contribution is 9.10. The van der Waals surface area contributed by atoms with Crippen LogP contribution in [0.1, 0.15) is 33.6 Å². The number of nitrogens with zero attached hydrogens (tertiary/aromatic N) is 2. The monoisotopic (exact) mass is 500 g/mol. The van der Waals surface area contributed by atoms with Crippen molar-refractivity contribution in [3.63, 3.8) is 0 Å². The van der Waals surface area contributed by atoms with Crippen LogP contribution in [0.25, 0.3) is 0 Å². The number of imide groups is 1. The predicted molar refractivity (Wildman–Crippen MR) is 118 cm³/mol. The van der Waals surface area contributed by atoms with Crippen molar-refractivity contribution in [1.29, 1.82) is 0 Å². The van der Waals surface area contributed by atoms with Crippen LogP contribution in [0.4, 0.5) is 0 Å². The standard InChI is InChI=1S/C23H18BrClN2O4/c24-15-11-9-14(10-12-15)20(28)13-26(21(29)18-7-3-4-8-19(18)25)27-22(30)16-5-1-2-6-17(16)23(27)31/h1-4,7-12,16-17H,5-6,13H2/t16-,17-/m0/s1. The van der Waals surface area contributed by atoms with E-state index in [-0.39, 0.29) is 10.6 Å². The van der Waals surface area contributed by atoms with Gasteiger partial charge in [0.25, 0.3) is 17.7 Å². The van der Waals surface area contributed by atoms with Crippen molar-refractivity contribution in [1.82, 2.24) is 10.0 Å². The van der Waals surface area contributed by atoms with Gasteiger partial charge in [-0.2, -0.15) is 5.01 Å². The van der Waals surface area contributed by atoms with E-state index in [1.165, 1.54) is 6.07 Å². The lowest BCUT2D eigenvalue weighted by Gasteiger charge is -2.30. The normalized spacial score (nSPS) is 20.0. The third kappa shape index (κ3) is 4.07. The van der Waals surface area contributed by atoms with Gasteiger partial charge in [-0.3, -0.25) is 19.2 Å². The molecule has 0 saturated carbocycles. The van der Waals surface area contributed by atoms with Crippen LogP contribution in [0.5, 0.6) is 0 Å². The predicted octanol–water partition coefficient (Wildman–Crippen LogP) is 4.29. The topological polar surface area (TPSA) is 74.8 Å². The van der Waals surface area contributed by atoms with Crippen LogP contribution in [-0.2, 0) is 9.59 Å². The quantitative estimate of drug-likeness (QED) is 0.348. The second kappa shape index (κ2) is 8.77. The van der Waals surface area contributed by atoms with E-state index < -0.39 is 41.9 Å². The number of hydrazine groups is 1. The van der Waals surface area contributed by atoms with E-state index >= 15 is 0 Å². The lowest BCUT2D eigenvalue weighted by atomic mass is 9.85. The molecule has 6 nitrogen and oxygen atoms in total. The highest BCUT2D eigenvalue weighted by Crippen LogP contribution is 2.36. The van der Waals surface area contributed by atoms with E-state index in [1.807, 2.05) is 12.2 Å². The summed E-state index contributed by atoms with van der Waals surface area (Å²) in [4.78, 5) is 52.6. The number of rotatable bonds is 5. The van der Waals surface area contributed by atoms with Crippen LogP contribution >= 0.6 is 27.5 Å². The Balaban J connectivity index is 1.70. The Morgan fingerprint density at radius 3 is 2.13 bits per heavy atom. The van der Waals surface area contributed by atoms with Crippen LogP contribution in [0, 0.1) is 11.8 Å². The van der Waals surface area contributed by atoms with Gasteiger partial charge in [-0.05, 0) is 37.1 Å². The van der Waals surface area contributed by atoms with E-state index in [2.05, 4.69) is 15.9 Å². The molecule has 31 heavy (non-hydrogen) atoms. The number of amides is 3. The first kappa shape index (κ1) is 21.5. The fourth-order valence-corrected chi connectivity index (χ4v) is 4.37. The van der Waals surface area contributed by atoms with Crippen molar-refractivity contribution >= 4 is 51.0 Å². The second-order valence-corrected chi connectivity index (χ2v) is 8.74. The average molecular weight is 502 g/mol. The molecule has 0 spiro atoms. The highest BCUT2D eigenvalue weighted by atomic mass is 79.9. The zero-order valence-electron chi connectivity index (χ0n) is 16.3. The minimum Gasteiger partial charge on any atom is -0.292 e. The van der Waals surface area contributed by atoms with Gasteiger partial charge in [-0.1, -0.05) is 63.9 Å². The van der Waals surface area contributed by atoms with Gasteiger partial charge >= 0.3 is 0 Å². The van der Waals surface area contributed by atoms with Gasteiger partial charge in [0.2, 0.25) is 0 Å². The van der Waals surface area contributed by atoms with E-state index in [0.29, 0.717) is 18.4 Å². The van der Waals surface area contributed by atoms with Crippen LogP contribution in [0.3, 0.4) is 0 Å². The Morgan fingerprint density at radius 1 is 0.968 bits per heavy atom. The first-order valence-electron chi connectivity index (χ1n) is 9.76. The molecule has 0 radical (unpaired) electrons. The molecule has 1 saturated heterocycles. The van der Waals surface area contributed by atoms with Gasteiger partial charge in [-0.15, -0.1) is 0 Å². The molecule has 0 N–H and O–H groups in total. The highest BCUT2D eigenvalue weighted by Gasteiger charge is 2.51. The number of ketones is 1. The summed E-state index contributed by atoms with van der Waals surface area (Å²) < 4.78 is 0.800. The maximum atomic E-state index is 13.4. The number of fused-ring (bicyclic) bond motifs is 1. The lowest BCUT2D eigenvalue weighted by molar-refractivity contribution is -0.154. The molecule has 2 aromatic carbocycles. The number of hydrogen-bond acceptors (Lipinski definition) is 4. The third-order valence-electron chi connectivity index (χ3n) is 5.52. The zero-order chi connectivity index (χ0) is 22.1. The minimum absolute atomic E-state index is 0.112. The Labute approximate surface area is 192 Å². The van der Waals surface area contributed by atoms with Crippen molar-refractivity contribution in [3.05, 3.63) is 81.3 Å². The van der Waals surface area contributed by atoms with Gasteiger partial charge in [0.05, 0.1) is 22.4 Å². The summed E-state index contributed by atoms with van der Waals surface area (Å²) in [5.74, 6) is -3.07. The minimum atomic E-state index is -0.677. The number of Topliss-reactive ketones (excluding diaryl/α,β-unsaturated/α-hetero) is 1. The zero-order valence-corrected chi connectivity index (χ0v) is 18.7. The molecule has 0 aromatic heterocycles. The van der Waals surface area contributed by atoms with E-state index in [9.17, 15) is 19.2 Å². The molecular formula is C23H18BrClN2O4. The first-order chi connectivity index (χ1) is 14.9. The van der Waals surface area contributed by atoms with E-state index in [4.69, 9.17) is 11.6 Å². The summed E-state index contributed by atoms with van der Waals surface area (Å²) in [6.45, 7) is -0.462. The molecule has 1 aliphatic heterocycles. The number of carbonyl (C=O) groups is 4. The van der Waals surface area contributed by atoms with E-state index in [1.54, 1.807) is 42.5 Å². The van der Waals surface area contributed by atoms with Crippen LogP contribution < -0.4 is 0 Å². The largest absolute Gasteiger partial charge is 0.292 e. The van der Waals surface area contributed by atoms with Gasteiger partial charge in [0.15, 0.2) is 5.78 Å². The molecule has 1 fully saturated rings. The maximum Gasteiger partial charge on any atom is 0.274 e. The smallest absolute Gasteiger partial charge is 0.274 e. The van der Waals surface area contributed by atoms with Gasteiger partial charge in [0, 0.05) is 10.0 Å². The molecule has 158 valence electrons. The van der Waals surface area contributed by atoms with Gasteiger partial charge in [-0.25, -0.2) is 5.01 Å². The number of halogens is 2. The molecule has 2 aliphatic rings. The van der Waals surface area contributed by atoms with Crippen molar-refractivity contribution in [2.75, 3.05) is 6.54 Å². The molecule has 8 heteroatoms. The molecule has 1 aliphatic carbocycles.